The van der Waals surface area contributed by atoms with Crippen molar-refractivity contribution >= 4 is 20.1 Å². The van der Waals surface area contributed by atoms with Gasteiger partial charge in [-0.1, -0.05) is 6.92 Å². The second-order valence-electron chi connectivity index (χ2n) is 3.68. The van der Waals surface area contributed by atoms with E-state index in [0.717, 1.165) is 6.42 Å². The Bertz CT molecular complexity index is 236. The maximum absolute atomic E-state index is 11.8. The van der Waals surface area contributed by atoms with Gasteiger partial charge < -0.3 is 8.85 Å². The molecule has 0 bridgehead atoms. The molecule has 0 aliphatic rings. The van der Waals surface area contributed by atoms with E-state index in [1.165, 1.54) is 21.1 Å². The van der Waals surface area contributed by atoms with E-state index < -0.39 is 14.1 Å². The zero-order valence-corrected chi connectivity index (χ0v) is 11.1. The average molecular weight is 232 g/mol. The summed E-state index contributed by atoms with van der Waals surface area (Å²) in [4.78, 5) is 23.3. The molecule has 0 aliphatic heterocycles. The molecule has 0 N–H and O–H groups in total. The van der Waals surface area contributed by atoms with Gasteiger partial charge in [0.05, 0.1) is 0 Å². The summed E-state index contributed by atoms with van der Waals surface area (Å²) in [7, 11) is 0.293. The first-order chi connectivity index (χ1) is 6.92. The number of Topliss-reactive ketones (excluding diaryl/α,β-unsaturated/α-hetero) is 2. The fourth-order valence-electron chi connectivity index (χ4n) is 1.60. The van der Waals surface area contributed by atoms with E-state index in [0.29, 0.717) is 6.42 Å². The Kier molecular flexibility index (Phi) is 5.93. The third kappa shape index (κ3) is 3.51. The van der Waals surface area contributed by atoms with E-state index in [9.17, 15) is 9.59 Å². The lowest BCUT2D eigenvalue weighted by Gasteiger charge is -2.29. The molecule has 0 aromatic rings. The number of carbonyl (C=O) groups excluding carboxylic acids is 2. The SMILES string of the molecule is CCCC(=O)C(C(C)=O)[Si](C)(OC)OC. The van der Waals surface area contributed by atoms with Crippen LogP contribution in [0.3, 0.4) is 0 Å². The average Bonchev–Trinajstić information content (AvgIpc) is 2.17. The van der Waals surface area contributed by atoms with E-state index >= 15 is 0 Å². The van der Waals surface area contributed by atoms with Crippen molar-refractivity contribution in [3.63, 3.8) is 0 Å². The summed E-state index contributed by atoms with van der Waals surface area (Å²) in [5.74, 6) is -0.228. The van der Waals surface area contributed by atoms with Gasteiger partial charge in [-0.3, -0.25) is 9.59 Å². The van der Waals surface area contributed by atoms with Gasteiger partial charge >= 0.3 is 8.56 Å². The van der Waals surface area contributed by atoms with Crippen LogP contribution in [-0.2, 0) is 18.4 Å². The van der Waals surface area contributed by atoms with Crippen LogP contribution in [0.5, 0.6) is 0 Å². The minimum absolute atomic E-state index is 0.0668. The molecule has 1 unspecified atom stereocenters. The first-order valence-electron chi connectivity index (χ1n) is 5.06. The molecule has 0 aromatic carbocycles. The smallest absolute Gasteiger partial charge is 0.352 e. The standard InChI is InChI=1S/C10H20O4Si/c1-6-7-9(12)10(8(2)11)15(5,13-3)14-4/h10H,6-7H2,1-5H3. The molecule has 5 heteroatoms. The molecule has 88 valence electrons. The third-order valence-corrected chi connectivity index (χ3v) is 5.96. The van der Waals surface area contributed by atoms with Gasteiger partial charge in [-0.2, -0.15) is 0 Å². The summed E-state index contributed by atoms with van der Waals surface area (Å²) >= 11 is 0. The summed E-state index contributed by atoms with van der Waals surface area (Å²) in [6, 6.07) is 0. The summed E-state index contributed by atoms with van der Waals surface area (Å²) in [5.41, 5.74) is -0.701. The van der Waals surface area contributed by atoms with Gasteiger partial charge in [0, 0.05) is 20.6 Å². The van der Waals surface area contributed by atoms with Crippen LogP contribution in [0.1, 0.15) is 26.7 Å². The molecule has 0 heterocycles. The molecule has 0 radical (unpaired) electrons. The number of rotatable bonds is 7. The summed E-state index contributed by atoms with van der Waals surface area (Å²) in [6.45, 7) is 5.07. The maximum Gasteiger partial charge on any atom is 0.352 e. The summed E-state index contributed by atoms with van der Waals surface area (Å²) in [6.07, 6.45) is 1.14. The summed E-state index contributed by atoms with van der Waals surface area (Å²) in [5, 5.41) is 0. The van der Waals surface area contributed by atoms with Gasteiger partial charge in [-0.05, 0) is 19.9 Å². The van der Waals surface area contributed by atoms with Crippen molar-refractivity contribution < 1.29 is 18.4 Å². The van der Waals surface area contributed by atoms with Crippen molar-refractivity contribution in [1.82, 2.24) is 0 Å². The second-order valence-corrected chi connectivity index (χ2v) is 7.11. The van der Waals surface area contributed by atoms with E-state index in [-0.39, 0.29) is 11.6 Å². The molecule has 0 aliphatic carbocycles. The molecule has 0 spiro atoms. The molecule has 4 nitrogen and oxygen atoms in total. The lowest BCUT2D eigenvalue weighted by atomic mass is 10.1. The number of ketones is 2. The fourth-order valence-corrected chi connectivity index (χ4v) is 3.70. The number of hydrogen-bond donors (Lipinski definition) is 0. The Morgan fingerprint density at radius 1 is 1.27 bits per heavy atom. The predicted octanol–water partition coefficient (Wildman–Crippen LogP) is 1.68. The Hall–Kier alpha value is -0.523. The van der Waals surface area contributed by atoms with Crippen LogP contribution in [0.25, 0.3) is 0 Å². The molecule has 0 amide bonds. The third-order valence-electron chi connectivity index (χ3n) is 2.56. The molecular weight excluding hydrogens is 212 g/mol. The molecular formula is C10H20O4Si. The van der Waals surface area contributed by atoms with Crippen LogP contribution in [0.4, 0.5) is 0 Å². The van der Waals surface area contributed by atoms with Gasteiger partial charge in [0.25, 0.3) is 0 Å². The minimum Gasteiger partial charge on any atom is -0.397 e. The van der Waals surface area contributed by atoms with Gasteiger partial charge in [-0.15, -0.1) is 0 Å². The zero-order valence-electron chi connectivity index (χ0n) is 10.1. The number of hydrogen-bond acceptors (Lipinski definition) is 4. The van der Waals surface area contributed by atoms with Crippen LogP contribution in [0.15, 0.2) is 0 Å². The Balaban J connectivity index is 4.95. The summed E-state index contributed by atoms with van der Waals surface area (Å²) < 4.78 is 10.5. The largest absolute Gasteiger partial charge is 0.397 e. The molecule has 0 saturated carbocycles. The maximum atomic E-state index is 11.8. The molecule has 0 rings (SSSR count). The Labute approximate surface area is 92.2 Å². The highest BCUT2D eigenvalue weighted by Gasteiger charge is 2.46. The van der Waals surface area contributed by atoms with E-state index in [1.807, 2.05) is 6.92 Å². The Morgan fingerprint density at radius 3 is 2.00 bits per heavy atom. The van der Waals surface area contributed by atoms with E-state index in [4.69, 9.17) is 8.85 Å². The van der Waals surface area contributed by atoms with Crippen LogP contribution in [0.2, 0.25) is 12.1 Å². The molecule has 0 fully saturated rings. The quantitative estimate of drug-likeness (QED) is 0.495. The topological polar surface area (TPSA) is 52.6 Å². The van der Waals surface area contributed by atoms with Crippen molar-refractivity contribution in [3.05, 3.63) is 0 Å². The highest BCUT2D eigenvalue weighted by Crippen LogP contribution is 2.27. The highest BCUT2D eigenvalue weighted by molar-refractivity contribution is 6.75. The van der Waals surface area contributed by atoms with Gasteiger partial charge in [0.2, 0.25) is 0 Å². The highest BCUT2D eigenvalue weighted by atomic mass is 28.4. The fraction of sp³-hybridized carbons (Fsp3) is 0.800. The van der Waals surface area contributed by atoms with Crippen LogP contribution < -0.4 is 0 Å². The molecule has 15 heavy (non-hydrogen) atoms. The molecule has 0 saturated heterocycles. The first-order valence-corrected chi connectivity index (χ1v) is 7.45. The van der Waals surface area contributed by atoms with Crippen molar-refractivity contribution in [2.75, 3.05) is 14.2 Å². The first kappa shape index (κ1) is 14.5. The lowest BCUT2D eigenvalue weighted by molar-refractivity contribution is -0.126. The molecule has 1 atom stereocenters. The predicted molar refractivity (Wildman–Crippen MR) is 60.0 cm³/mol. The second kappa shape index (κ2) is 6.15. The van der Waals surface area contributed by atoms with Crippen LogP contribution >= 0.6 is 0 Å². The van der Waals surface area contributed by atoms with Crippen molar-refractivity contribution in [1.29, 1.82) is 0 Å². The van der Waals surface area contributed by atoms with Gasteiger partial charge in [-0.25, -0.2) is 0 Å². The number of carbonyl (C=O) groups is 2. The molecule has 0 aromatic heterocycles. The zero-order chi connectivity index (χ0) is 12.1. The van der Waals surface area contributed by atoms with Crippen molar-refractivity contribution in [3.8, 4) is 0 Å². The Morgan fingerprint density at radius 2 is 1.73 bits per heavy atom. The van der Waals surface area contributed by atoms with Crippen LogP contribution in [-0.4, -0.2) is 34.3 Å². The monoisotopic (exact) mass is 232 g/mol. The van der Waals surface area contributed by atoms with E-state index in [1.54, 1.807) is 6.55 Å². The van der Waals surface area contributed by atoms with Crippen molar-refractivity contribution in [2.24, 2.45) is 0 Å². The van der Waals surface area contributed by atoms with E-state index in [2.05, 4.69) is 0 Å². The normalized spacial score (nSPS) is 13.7. The van der Waals surface area contributed by atoms with Crippen molar-refractivity contribution in [2.45, 2.75) is 38.8 Å². The van der Waals surface area contributed by atoms with Gasteiger partial charge in [0.1, 0.15) is 17.1 Å². The van der Waals surface area contributed by atoms with Crippen LogP contribution in [0, 0.1) is 0 Å². The minimum atomic E-state index is -2.69. The van der Waals surface area contributed by atoms with Gasteiger partial charge in [0.15, 0.2) is 0 Å². The lowest BCUT2D eigenvalue weighted by Crippen LogP contribution is -2.48.